The first-order valence-corrected chi connectivity index (χ1v) is 3.92. The summed E-state index contributed by atoms with van der Waals surface area (Å²) in [6.07, 6.45) is 0.201. The fourth-order valence-electron chi connectivity index (χ4n) is 0.906. The SMILES string of the molecule is Fc1ncnc(Oc2ccccc2)n1. The Morgan fingerprint density at radius 3 is 2.57 bits per heavy atom. The number of para-hydroxylation sites is 1. The van der Waals surface area contributed by atoms with E-state index in [1.54, 1.807) is 24.3 Å². The molecule has 2 aromatic rings. The zero-order valence-electron chi connectivity index (χ0n) is 7.09. The maximum Gasteiger partial charge on any atom is 0.327 e. The van der Waals surface area contributed by atoms with Gasteiger partial charge in [-0.15, -0.1) is 4.98 Å². The lowest BCUT2D eigenvalue weighted by Crippen LogP contribution is -1.95. The molecule has 5 heteroatoms. The van der Waals surface area contributed by atoms with Crippen LogP contribution in [0.5, 0.6) is 11.8 Å². The summed E-state index contributed by atoms with van der Waals surface area (Å²) in [6, 6.07) is 8.84. The van der Waals surface area contributed by atoms with E-state index in [0.717, 1.165) is 6.33 Å². The van der Waals surface area contributed by atoms with Crippen LogP contribution in [0.4, 0.5) is 4.39 Å². The van der Waals surface area contributed by atoms with Crippen LogP contribution in [0.15, 0.2) is 36.7 Å². The van der Waals surface area contributed by atoms with E-state index in [1.807, 2.05) is 6.07 Å². The van der Waals surface area contributed by atoms with Crippen LogP contribution in [0.3, 0.4) is 0 Å². The third-order valence-corrected chi connectivity index (χ3v) is 1.47. The zero-order chi connectivity index (χ0) is 9.80. The van der Waals surface area contributed by atoms with Crippen LogP contribution in [0.1, 0.15) is 0 Å². The van der Waals surface area contributed by atoms with E-state index in [-0.39, 0.29) is 6.01 Å². The van der Waals surface area contributed by atoms with Crippen LogP contribution >= 0.6 is 0 Å². The van der Waals surface area contributed by atoms with Gasteiger partial charge in [0.1, 0.15) is 12.1 Å². The molecule has 0 atom stereocenters. The molecule has 0 amide bonds. The number of ether oxygens (including phenoxy) is 1. The van der Waals surface area contributed by atoms with Gasteiger partial charge < -0.3 is 4.74 Å². The Balaban J connectivity index is 2.19. The Labute approximate surface area is 79.4 Å². The van der Waals surface area contributed by atoms with Gasteiger partial charge in [-0.05, 0) is 12.1 Å². The summed E-state index contributed by atoms with van der Waals surface area (Å²) in [5.41, 5.74) is 0. The van der Waals surface area contributed by atoms with E-state index in [4.69, 9.17) is 4.74 Å². The van der Waals surface area contributed by atoms with Crippen molar-refractivity contribution in [3.05, 3.63) is 42.7 Å². The van der Waals surface area contributed by atoms with Crippen molar-refractivity contribution < 1.29 is 9.13 Å². The Morgan fingerprint density at radius 2 is 1.86 bits per heavy atom. The lowest BCUT2D eigenvalue weighted by atomic mass is 10.3. The van der Waals surface area contributed by atoms with Gasteiger partial charge in [0.15, 0.2) is 0 Å². The van der Waals surface area contributed by atoms with Crippen LogP contribution in [0, 0.1) is 6.08 Å². The van der Waals surface area contributed by atoms with Crippen molar-refractivity contribution in [2.24, 2.45) is 0 Å². The number of hydrogen-bond donors (Lipinski definition) is 0. The average molecular weight is 191 g/mol. The lowest BCUT2D eigenvalue weighted by molar-refractivity contribution is 0.412. The summed E-state index contributed by atoms with van der Waals surface area (Å²) < 4.78 is 17.7. The molecule has 0 aliphatic heterocycles. The van der Waals surface area contributed by atoms with Gasteiger partial charge in [0, 0.05) is 0 Å². The van der Waals surface area contributed by atoms with Gasteiger partial charge in [-0.1, -0.05) is 18.2 Å². The van der Waals surface area contributed by atoms with Gasteiger partial charge >= 0.3 is 12.1 Å². The van der Waals surface area contributed by atoms with E-state index < -0.39 is 6.08 Å². The molecule has 0 spiro atoms. The molecule has 0 bridgehead atoms. The minimum Gasteiger partial charge on any atom is -0.424 e. The van der Waals surface area contributed by atoms with E-state index in [1.165, 1.54) is 0 Å². The van der Waals surface area contributed by atoms with Crippen LogP contribution in [0.2, 0.25) is 0 Å². The smallest absolute Gasteiger partial charge is 0.327 e. The van der Waals surface area contributed by atoms with Gasteiger partial charge in [0.2, 0.25) is 0 Å². The highest BCUT2D eigenvalue weighted by atomic mass is 19.1. The first-order valence-electron chi connectivity index (χ1n) is 3.92. The predicted octanol–water partition coefficient (Wildman–Crippen LogP) is 1.80. The van der Waals surface area contributed by atoms with E-state index in [0.29, 0.717) is 5.75 Å². The lowest BCUT2D eigenvalue weighted by Gasteiger charge is -2.01. The number of halogens is 1. The third kappa shape index (κ3) is 2.01. The normalized spacial score (nSPS) is 9.79. The minimum absolute atomic E-state index is 0.0521. The van der Waals surface area contributed by atoms with Crippen LogP contribution < -0.4 is 4.74 Å². The zero-order valence-corrected chi connectivity index (χ0v) is 7.09. The number of nitrogens with zero attached hydrogens (tertiary/aromatic N) is 3. The molecule has 2 rings (SSSR count). The van der Waals surface area contributed by atoms with Crippen LogP contribution in [-0.4, -0.2) is 15.0 Å². The van der Waals surface area contributed by atoms with E-state index in [9.17, 15) is 4.39 Å². The van der Waals surface area contributed by atoms with Crippen molar-refractivity contribution in [3.63, 3.8) is 0 Å². The van der Waals surface area contributed by atoms with E-state index >= 15 is 0 Å². The summed E-state index contributed by atoms with van der Waals surface area (Å²) in [7, 11) is 0. The fourth-order valence-corrected chi connectivity index (χ4v) is 0.906. The molecular formula is C9H6FN3O. The van der Waals surface area contributed by atoms with Gasteiger partial charge in [-0.25, -0.2) is 0 Å². The minimum atomic E-state index is -0.856. The maximum absolute atomic E-state index is 12.5. The molecule has 70 valence electrons. The highest BCUT2D eigenvalue weighted by Crippen LogP contribution is 2.15. The number of hydrogen-bond acceptors (Lipinski definition) is 4. The summed E-state index contributed by atoms with van der Waals surface area (Å²) in [5.74, 6) is 0.554. The number of benzene rings is 1. The first-order chi connectivity index (χ1) is 6.84. The molecule has 1 heterocycles. The van der Waals surface area contributed by atoms with Crippen LogP contribution in [-0.2, 0) is 0 Å². The molecule has 0 aliphatic rings. The second kappa shape index (κ2) is 3.78. The quantitative estimate of drug-likeness (QED) is 0.726. The molecule has 4 nitrogen and oxygen atoms in total. The Morgan fingerprint density at radius 1 is 1.07 bits per heavy atom. The number of rotatable bonds is 2. The van der Waals surface area contributed by atoms with Crippen molar-refractivity contribution in [1.82, 2.24) is 15.0 Å². The standard InChI is InChI=1S/C9H6FN3O/c10-8-11-6-12-9(13-8)14-7-4-2-1-3-5-7/h1-6H. The largest absolute Gasteiger partial charge is 0.424 e. The van der Waals surface area contributed by atoms with Gasteiger partial charge in [0.05, 0.1) is 0 Å². The monoisotopic (exact) mass is 191 g/mol. The van der Waals surface area contributed by atoms with Gasteiger partial charge in [-0.3, -0.25) is 0 Å². The van der Waals surface area contributed by atoms with Crippen molar-refractivity contribution >= 4 is 0 Å². The van der Waals surface area contributed by atoms with Crippen molar-refractivity contribution in [1.29, 1.82) is 0 Å². The Hall–Kier alpha value is -2.04. The Kier molecular flexibility index (Phi) is 2.31. The average Bonchev–Trinajstić information content (AvgIpc) is 2.19. The summed E-state index contributed by atoms with van der Waals surface area (Å²) >= 11 is 0. The van der Waals surface area contributed by atoms with Gasteiger partial charge in [0.25, 0.3) is 0 Å². The molecule has 0 saturated carbocycles. The second-order valence-electron chi connectivity index (χ2n) is 2.45. The molecular weight excluding hydrogens is 185 g/mol. The van der Waals surface area contributed by atoms with Gasteiger partial charge in [-0.2, -0.15) is 14.4 Å². The fraction of sp³-hybridized carbons (Fsp3) is 0. The summed E-state index contributed by atoms with van der Waals surface area (Å²) in [4.78, 5) is 10.2. The van der Waals surface area contributed by atoms with Crippen molar-refractivity contribution in [3.8, 4) is 11.8 Å². The molecule has 1 aromatic carbocycles. The van der Waals surface area contributed by atoms with E-state index in [2.05, 4.69) is 15.0 Å². The van der Waals surface area contributed by atoms with Crippen molar-refractivity contribution in [2.75, 3.05) is 0 Å². The molecule has 0 unspecified atom stereocenters. The molecule has 0 radical (unpaired) electrons. The number of aromatic nitrogens is 3. The first kappa shape index (κ1) is 8.55. The molecule has 1 aromatic heterocycles. The molecule has 0 aliphatic carbocycles. The topological polar surface area (TPSA) is 47.9 Å². The summed E-state index contributed by atoms with van der Waals surface area (Å²) in [6.45, 7) is 0. The van der Waals surface area contributed by atoms with Crippen LogP contribution in [0.25, 0.3) is 0 Å². The highest BCUT2D eigenvalue weighted by Gasteiger charge is 2.01. The third-order valence-electron chi connectivity index (χ3n) is 1.47. The Bertz CT molecular complexity index is 421. The van der Waals surface area contributed by atoms with Crippen molar-refractivity contribution in [2.45, 2.75) is 0 Å². The summed E-state index contributed by atoms with van der Waals surface area (Å²) in [5, 5.41) is 0. The molecule has 0 N–H and O–H groups in total. The molecule has 0 saturated heterocycles. The second-order valence-corrected chi connectivity index (χ2v) is 2.45. The predicted molar refractivity (Wildman–Crippen MR) is 46.3 cm³/mol. The molecule has 14 heavy (non-hydrogen) atoms. The maximum atomic E-state index is 12.5. The molecule has 0 fully saturated rings. The highest BCUT2D eigenvalue weighted by molar-refractivity contribution is 5.23.